The fourth-order valence-corrected chi connectivity index (χ4v) is 5.39. The lowest BCUT2D eigenvalue weighted by atomic mass is 10.0. The summed E-state index contributed by atoms with van der Waals surface area (Å²) in [5.74, 6) is -1.34. The predicted molar refractivity (Wildman–Crippen MR) is 162 cm³/mol. The normalized spacial score (nSPS) is 12.5. The monoisotopic (exact) mass is 598 g/mol. The van der Waals surface area contributed by atoms with Gasteiger partial charge in [-0.15, -0.1) is 0 Å². The van der Waals surface area contributed by atoms with Crippen LogP contribution in [-0.4, -0.2) is 68.8 Å². The summed E-state index contributed by atoms with van der Waals surface area (Å²) in [7, 11) is -0.174. The van der Waals surface area contributed by atoms with Crippen LogP contribution >= 0.6 is 0 Å². The van der Waals surface area contributed by atoms with Crippen molar-refractivity contribution in [2.45, 2.75) is 45.3 Å². The number of hydrogen-bond acceptors (Lipinski definition) is 5. The summed E-state index contributed by atoms with van der Waals surface area (Å²) in [4.78, 5) is 29.4. The molecule has 1 N–H and O–H groups in total. The second-order valence-corrected chi connectivity index (χ2v) is 13.1. The maximum atomic E-state index is 14.9. The molecule has 0 aromatic heterocycles. The minimum absolute atomic E-state index is 0.0295. The minimum Gasteiger partial charge on any atom is -0.497 e. The Labute approximate surface area is 248 Å². The molecule has 11 heteroatoms. The highest BCUT2D eigenvalue weighted by Gasteiger charge is 2.36. The molecule has 0 saturated carbocycles. The first-order chi connectivity index (χ1) is 19.7. The zero-order valence-electron chi connectivity index (χ0n) is 24.9. The molecule has 0 spiro atoms. The summed E-state index contributed by atoms with van der Waals surface area (Å²) in [5.41, 5.74) is 0.586. The van der Waals surface area contributed by atoms with Crippen molar-refractivity contribution in [3.05, 3.63) is 95.8 Å². The van der Waals surface area contributed by atoms with Crippen LogP contribution in [0.5, 0.6) is 5.75 Å². The first-order valence-electron chi connectivity index (χ1n) is 13.5. The van der Waals surface area contributed by atoms with Crippen LogP contribution in [0.15, 0.2) is 78.9 Å². The lowest BCUT2D eigenvalue weighted by molar-refractivity contribution is -0.140. The number of methoxy groups -OCH3 is 1. The predicted octanol–water partition coefficient (Wildman–Crippen LogP) is 4.00. The van der Waals surface area contributed by atoms with Gasteiger partial charge in [-0.3, -0.25) is 9.59 Å². The summed E-state index contributed by atoms with van der Waals surface area (Å²) in [5, 5.41) is 2.97. The van der Waals surface area contributed by atoms with E-state index in [1.807, 2.05) is 51.1 Å². The molecule has 2 amide bonds. The molecule has 0 fully saturated rings. The Kier molecular flexibility index (Phi) is 10.7. The van der Waals surface area contributed by atoms with Crippen molar-refractivity contribution in [2.75, 3.05) is 32.1 Å². The zero-order valence-corrected chi connectivity index (χ0v) is 25.7. The second-order valence-electron chi connectivity index (χ2n) is 11.1. The van der Waals surface area contributed by atoms with Crippen LogP contribution in [0.3, 0.4) is 0 Å². The van der Waals surface area contributed by atoms with Gasteiger partial charge in [0.15, 0.2) is 0 Å². The van der Waals surface area contributed by atoms with Crippen molar-refractivity contribution in [1.29, 1.82) is 0 Å². The third-order valence-electron chi connectivity index (χ3n) is 6.40. The number of nitrogens with one attached hydrogen (secondary N) is 1. The number of carbonyl (C=O) groups excluding carboxylic acids is 2. The molecule has 3 rings (SSSR count). The van der Waals surface area contributed by atoms with Crippen molar-refractivity contribution >= 4 is 27.7 Å². The van der Waals surface area contributed by atoms with Gasteiger partial charge in [0.05, 0.1) is 12.8 Å². The number of halogens is 1. The number of hydrogen-bond donors (Lipinski definition) is 1. The Morgan fingerprint density at radius 2 is 1.55 bits per heavy atom. The Morgan fingerprint density at radius 1 is 0.929 bits per heavy atom. The van der Waals surface area contributed by atoms with E-state index in [1.165, 1.54) is 44.3 Å². The number of nitrogens with zero attached hydrogens (tertiary/aromatic N) is 3. The van der Waals surface area contributed by atoms with Crippen molar-refractivity contribution in [3.63, 3.8) is 0 Å². The molecular weight excluding hydrogens is 559 g/mol. The highest BCUT2D eigenvalue weighted by molar-refractivity contribution is 7.90. The fourth-order valence-electron chi connectivity index (χ4n) is 4.33. The van der Waals surface area contributed by atoms with Gasteiger partial charge in [0, 0.05) is 32.6 Å². The maximum absolute atomic E-state index is 14.9. The highest BCUT2D eigenvalue weighted by atomic mass is 32.2. The van der Waals surface area contributed by atoms with Crippen LogP contribution in [0.4, 0.5) is 10.1 Å². The largest absolute Gasteiger partial charge is 0.497 e. The van der Waals surface area contributed by atoms with E-state index < -0.39 is 46.0 Å². The van der Waals surface area contributed by atoms with E-state index in [0.29, 0.717) is 11.3 Å². The quantitative estimate of drug-likeness (QED) is 0.340. The van der Waals surface area contributed by atoms with Crippen LogP contribution < -0.4 is 14.4 Å². The van der Waals surface area contributed by atoms with Crippen LogP contribution in [-0.2, 0) is 32.8 Å². The molecule has 3 aromatic carbocycles. The average Bonchev–Trinajstić information content (AvgIpc) is 2.93. The maximum Gasteiger partial charge on any atom is 0.304 e. The van der Waals surface area contributed by atoms with E-state index in [9.17, 15) is 22.4 Å². The fraction of sp³-hybridized carbons (Fsp3) is 0.355. The van der Waals surface area contributed by atoms with E-state index in [4.69, 9.17) is 4.74 Å². The van der Waals surface area contributed by atoms with Crippen molar-refractivity contribution in [1.82, 2.24) is 14.5 Å². The molecule has 0 bridgehead atoms. The summed E-state index contributed by atoms with van der Waals surface area (Å²) >= 11 is 0. The third-order valence-corrected chi connectivity index (χ3v) is 8.20. The van der Waals surface area contributed by atoms with Crippen molar-refractivity contribution in [3.8, 4) is 5.75 Å². The standard InChI is InChI=1S/C31H39FN4O5S/c1-31(2,3)33-30(38)28(20-23-13-8-7-9-14-23)35(21-24-15-12-16-25(19-24)41-6)29(37)22-36(42(39,40)34(4)5)27-18-11-10-17-26(27)32/h7-19,28H,20-22H2,1-6H3,(H,33,38). The average molecular weight is 599 g/mol. The van der Waals surface area contributed by atoms with Crippen molar-refractivity contribution in [2.24, 2.45) is 0 Å². The Hall–Kier alpha value is -3.96. The first kappa shape index (κ1) is 32.6. The molecule has 0 aliphatic carbocycles. The molecule has 9 nitrogen and oxygen atoms in total. The number of anilines is 1. The molecule has 0 aliphatic heterocycles. The van der Waals surface area contributed by atoms with Crippen LogP contribution in [0.25, 0.3) is 0 Å². The van der Waals surface area contributed by atoms with E-state index in [-0.39, 0.29) is 18.7 Å². The Morgan fingerprint density at radius 3 is 2.14 bits per heavy atom. The van der Waals surface area contributed by atoms with E-state index in [0.717, 1.165) is 20.2 Å². The number of carbonyl (C=O) groups is 2. The van der Waals surface area contributed by atoms with Gasteiger partial charge in [-0.2, -0.15) is 12.7 Å². The van der Waals surface area contributed by atoms with Gasteiger partial charge in [-0.05, 0) is 56.2 Å². The first-order valence-corrected chi connectivity index (χ1v) is 14.9. The van der Waals surface area contributed by atoms with E-state index in [1.54, 1.807) is 24.3 Å². The smallest absolute Gasteiger partial charge is 0.304 e. The molecule has 42 heavy (non-hydrogen) atoms. The molecule has 0 radical (unpaired) electrons. The molecular formula is C31H39FN4O5S. The van der Waals surface area contributed by atoms with Gasteiger partial charge in [-0.25, -0.2) is 8.70 Å². The summed E-state index contributed by atoms with van der Waals surface area (Å²) in [6, 6.07) is 20.6. The summed E-state index contributed by atoms with van der Waals surface area (Å²) < 4.78 is 48.7. The van der Waals surface area contributed by atoms with Crippen LogP contribution in [0, 0.1) is 5.82 Å². The topological polar surface area (TPSA) is 99.3 Å². The van der Waals surface area contributed by atoms with Gasteiger partial charge in [0.1, 0.15) is 24.2 Å². The minimum atomic E-state index is -4.30. The third kappa shape index (κ3) is 8.53. The van der Waals surface area contributed by atoms with Gasteiger partial charge >= 0.3 is 10.2 Å². The van der Waals surface area contributed by atoms with Crippen LogP contribution in [0.1, 0.15) is 31.9 Å². The van der Waals surface area contributed by atoms with Gasteiger partial charge in [0.25, 0.3) is 0 Å². The van der Waals surface area contributed by atoms with Gasteiger partial charge in [-0.1, -0.05) is 54.6 Å². The number of para-hydroxylation sites is 1. The number of rotatable bonds is 12. The number of benzene rings is 3. The second kappa shape index (κ2) is 13.8. The Bertz CT molecular complexity index is 1480. The lowest BCUT2D eigenvalue weighted by Crippen LogP contribution is -2.56. The van der Waals surface area contributed by atoms with Gasteiger partial charge in [0.2, 0.25) is 11.8 Å². The molecule has 1 unspecified atom stereocenters. The summed E-state index contributed by atoms with van der Waals surface area (Å²) in [6.45, 7) is 4.74. The highest BCUT2D eigenvalue weighted by Crippen LogP contribution is 2.25. The number of amides is 2. The van der Waals surface area contributed by atoms with Crippen molar-refractivity contribution < 1.29 is 27.1 Å². The summed E-state index contributed by atoms with van der Waals surface area (Å²) in [6.07, 6.45) is 0.165. The van der Waals surface area contributed by atoms with Gasteiger partial charge < -0.3 is 15.0 Å². The SMILES string of the molecule is COc1cccc(CN(C(=O)CN(c2ccccc2F)S(=O)(=O)N(C)C)C(Cc2ccccc2)C(=O)NC(C)(C)C)c1. The molecule has 0 saturated heterocycles. The van der Waals surface area contributed by atoms with E-state index in [2.05, 4.69) is 5.32 Å². The molecule has 1 atom stereocenters. The zero-order chi connectivity index (χ0) is 31.1. The lowest BCUT2D eigenvalue weighted by Gasteiger charge is -2.35. The molecule has 3 aromatic rings. The number of ether oxygens (including phenoxy) is 1. The van der Waals surface area contributed by atoms with E-state index >= 15 is 0 Å². The van der Waals surface area contributed by atoms with Crippen LogP contribution in [0.2, 0.25) is 0 Å². The molecule has 0 heterocycles. The molecule has 226 valence electrons. The molecule has 0 aliphatic rings. The Balaban J connectivity index is 2.14.